The number of anilines is 1. The van der Waals surface area contributed by atoms with Crippen molar-refractivity contribution in [1.29, 1.82) is 0 Å². The molecule has 1 aliphatic heterocycles. The van der Waals surface area contributed by atoms with Crippen LogP contribution >= 0.6 is 11.3 Å². The molecule has 2 aromatic rings. The lowest BCUT2D eigenvalue weighted by Gasteiger charge is -2.32. The molecule has 1 N–H and O–H groups in total. The summed E-state index contributed by atoms with van der Waals surface area (Å²) in [7, 11) is 1.54. The molecule has 2 aromatic heterocycles. The summed E-state index contributed by atoms with van der Waals surface area (Å²) in [6.07, 6.45) is 3.18. The summed E-state index contributed by atoms with van der Waals surface area (Å²) in [6, 6.07) is 1.64. The molecule has 140 valence electrons. The molecule has 0 spiro atoms. The monoisotopic (exact) mass is 381 g/mol. The molecular weight excluding hydrogens is 361 g/mol. The van der Waals surface area contributed by atoms with Gasteiger partial charge in [-0.2, -0.15) is 9.37 Å². The molecule has 3 rings (SSSR count). The topological polar surface area (TPSA) is 89.5 Å². The molecule has 0 bridgehead atoms. The first-order chi connectivity index (χ1) is 12.5. The summed E-state index contributed by atoms with van der Waals surface area (Å²) in [6.45, 7) is 3.29. The van der Waals surface area contributed by atoms with Gasteiger partial charge in [0.05, 0.1) is 18.1 Å². The molecule has 1 saturated heterocycles. The van der Waals surface area contributed by atoms with Crippen molar-refractivity contribution in [2.24, 2.45) is 0 Å². The number of methoxy groups -OCH3 is 1. The van der Waals surface area contributed by atoms with Gasteiger partial charge in [-0.3, -0.25) is 9.69 Å². The minimum Gasteiger partial charge on any atom is -0.481 e. The van der Waals surface area contributed by atoms with Gasteiger partial charge >= 0.3 is 0 Å². The van der Waals surface area contributed by atoms with Gasteiger partial charge in [0.2, 0.25) is 23.6 Å². The predicted octanol–water partition coefficient (Wildman–Crippen LogP) is 2.08. The van der Waals surface area contributed by atoms with E-state index in [2.05, 4.69) is 25.2 Å². The minimum atomic E-state index is -0.540. The normalized spacial score (nSPS) is 17.7. The number of carbonyl (C=O) groups is 1. The molecule has 8 nitrogen and oxygen atoms in total. The quantitative estimate of drug-likeness (QED) is 0.819. The Morgan fingerprint density at radius 1 is 1.46 bits per heavy atom. The van der Waals surface area contributed by atoms with Gasteiger partial charge in [0, 0.05) is 20.0 Å². The van der Waals surface area contributed by atoms with E-state index in [0.29, 0.717) is 29.7 Å². The first kappa shape index (κ1) is 18.5. The van der Waals surface area contributed by atoms with E-state index >= 15 is 0 Å². The summed E-state index contributed by atoms with van der Waals surface area (Å²) >= 11 is 1.15. The van der Waals surface area contributed by atoms with Crippen molar-refractivity contribution in [3.63, 3.8) is 0 Å². The minimum absolute atomic E-state index is 0.0471. The number of nitrogens with one attached hydrogen (secondary N) is 1. The molecule has 0 saturated carbocycles. The van der Waals surface area contributed by atoms with E-state index in [1.165, 1.54) is 20.4 Å². The van der Waals surface area contributed by atoms with Crippen LogP contribution in [-0.2, 0) is 11.3 Å². The lowest BCUT2D eigenvalue weighted by molar-refractivity contribution is -0.114. The summed E-state index contributed by atoms with van der Waals surface area (Å²) in [5, 5.41) is 2.80. The van der Waals surface area contributed by atoms with Crippen LogP contribution in [-0.4, -0.2) is 52.1 Å². The molecule has 0 aromatic carbocycles. The van der Waals surface area contributed by atoms with Crippen LogP contribution in [0.25, 0.3) is 0 Å². The van der Waals surface area contributed by atoms with E-state index in [4.69, 9.17) is 9.47 Å². The molecule has 1 fully saturated rings. The Labute approximate surface area is 154 Å². The summed E-state index contributed by atoms with van der Waals surface area (Å²) < 4.78 is 25.0. The van der Waals surface area contributed by atoms with Crippen molar-refractivity contribution in [2.45, 2.75) is 32.4 Å². The second-order valence-corrected chi connectivity index (χ2v) is 7.01. The van der Waals surface area contributed by atoms with Gasteiger partial charge in [-0.15, -0.1) is 0 Å². The van der Waals surface area contributed by atoms with Crippen LogP contribution in [0.5, 0.6) is 11.8 Å². The number of amides is 1. The van der Waals surface area contributed by atoms with Crippen LogP contribution in [0, 0.1) is 5.95 Å². The molecule has 10 heteroatoms. The van der Waals surface area contributed by atoms with E-state index in [0.717, 1.165) is 30.7 Å². The third kappa shape index (κ3) is 4.85. The van der Waals surface area contributed by atoms with Crippen molar-refractivity contribution in [3.05, 3.63) is 23.2 Å². The standard InChI is InChI=1S/C16H20FN5O3S/c1-10(23)20-16-21-15(17)12(26-16)8-22-5-3-4-11(7-22)25-14-6-13(24-2)18-9-19-14/h6,9,11H,3-5,7-8H2,1-2H3,(H,20,21,23). The first-order valence-corrected chi connectivity index (χ1v) is 9.03. The van der Waals surface area contributed by atoms with Crippen molar-refractivity contribution in [1.82, 2.24) is 19.9 Å². The summed E-state index contributed by atoms with van der Waals surface area (Å²) in [4.78, 5) is 25.5. The zero-order chi connectivity index (χ0) is 18.5. The SMILES string of the molecule is COc1cc(OC2CCCN(Cc3sc(NC(C)=O)nc3F)C2)ncn1. The highest BCUT2D eigenvalue weighted by molar-refractivity contribution is 7.15. The number of piperidine rings is 1. The zero-order valence-corrected chi connectivity index (χ0v) is 15.4. The van der Waals surface area contributed by atoms with Crippen LogP contribution in [0.1, 0.15) is 24.6 Å². The lowest BCUT2D eigenvalue weighted by Crippen LogP contribution is -2.40. The highest BCUT2D eigenvalue weighted by Gasteiger charge is 2.24. The second kappa shape index (κ2) is 8.37. The van der Waals surface area contributed by atoms with Crippen LogP contribution in [0.15, 0.2) is 12.4 Å². The van der Waals surface area contributed by atoms with Crippen LogP contribution in [0.2, 0.25) is 0 Å². The number of likely N-dealkylation sites (tertiary alicyclic amines) is 1. The fraction of sp³-hybridized carbons (Fsp3) is 0.500. The number of nitrogens with zero attached hydrogens (tertiary/aromatic N) is 4. The van der Waals surface area contributed by atoms with Crippen molar-refractivity contribution in [2.75, 3.05) is 25.5 Å². The number of hydrogen-bond donors (Lipinski definition) is 1. The van der Waals surface area contributed by atoms with Gasteiger partial charge in [0.1, 0.15) is 12.4 Å². The Bertz CT molecular complexity index is 772. The van der Waals surface area contributed by atoms with E-state index < -0.39 is 5.95 Å². The number of hydrogen-bond acceptors (Lipinski definition) is 8. The molecule has 1 amide bonds. The van der Waals surface area contributed by atoms with Crippen LogP contribution < -0.4 is 14.8 Å². The van der Waals surface area contributed by atoms with E-state index in [9.17, 15) is 9.18 Å². The number of thiazole rings is 1. The predicted molar refractivity (Wildman–Crippen MR) is 93.9 cm³/mol. The van der Waals surface area contributed by atoms with Gasteiger partial charge in [0.25, 0.3) is 0 Å². The average Bonchev–Trinajstić information content (AvgIpc) is 2.93. The maximum Gasteiger partial charge on any atom is 0.230 e. The number of ether oxygens (including phenoxy) is 2. The maximum absolute atomic E-state index is 14.0. The smallest absolute Gasteiger partial charge is 0.230 e. The largest absolute Gasteiger partial charge is 0.481 e. The molecule has 1 atom stereocenters. The molecule has 26 heavy (non-hydrogen) atoms. The van der Waals surface area contributed by atoms with Gasteiger partial charge in [0.15, 0.2) is 5.13 Å². The Kier molecular flexibility index (Phi) is 5.94. The van der Waals surface area contributed by atoms with Gasteiger partial charge in [-0.25, -0.2) is 9.97 Å². The van der Waals surface area contributed by atoms with Gasteiger partial charge in [-0.1, -0.05) is 11.3 Å². The molecular formula is C16H20FN5O3S. The third-order valence-electron chi connectivity index (χ3n) is 3.88. The lowest BCUT2D eigenvalue weighted by atomic mass is 10.1. The Morgan fingerprint density at radius 3 is 3.04 bits per heavy atom. The van der Waals surface area contributed by atoms with Crippen LogP contribution in [0.4, 0.5) is 9.52 Å². The third-order valence-corrected chi connectivity index (χ3v) is 4.81. The van der Waals surface area contributed by atoms with E-state index in [1.54, 1.807) is 6.07 Å². The number of halogens is 1. The Morgan fingerprint density at radius 2 is 2.27 bits per heavy atom. The number of rotatable bonds is 6. The van der Waals surface area contributed by atoms with Gasteiger partial charge in [-0.05, 0) is 19.4 Å². The fourth-order valence-corrected chi connectivity index (χ4v) is 3.69. The van der Waals surface area contributed by atoms with E-state index in [-0.39, 0.29) is 17.1 Å². The van der Waals surface area contributed by atoms with Crippen molar-refractivity contribution in [3.8, 4) is 11.8 Å². The van der Waals surface area contributed by atoms with Gasteiger partial charge < -0.3 is 14.8 Å². The highest BCUT2D eigenvalue weighted by atomic mass is 32.1. The molecule has 3 heterocycles. The summed E-state index contributed by atoms with van der Waals surface area (Å²) in [5.74, 6) is 0.0971. The molecule has 1 aliphatic rings. The second-order valence-electron chi connectivity index (χ2n) is 5.93. The number of carbonyl (C=O) groups excluding carboxylic acids is 1. The zero-order valence-electron chi connectivity index (χ0n) is 14.6. The fourth-order valence-electron chi connectivity index (χ4n) is 2.76. The van der Waals surface area contributed by atoms with Crippen LogP contribution in [0.3, 0.4) is 0 Å². The van der Waals surface area contributed by atoms with E-state index in [1.807, 2.05) is 0 Å². The molecule has 0 aliphatic carbocycles. The number of aromatic nitrogens is 3. The highest BCUT2D eigenvalue weighted by Crippen LogP contribution is 2.26. The maximum atomic E-state index is 14.0. The average molecular weight is 381 g/mol. The van der Waals surface area contributed by atoms with Crippen molar-refractivity contribution < 1.29 is 18.7 Å². The Balaban J connectivity index is 1.60. The molecule has 1 unspecified atom stereocenters. The Hall–Kier alpha value is -2.33. The molecule has 0 radical (unpaired) electrons. The first-order valence-electron chi connectivity index (χ1n) is 8.21. The summed E-state index contributed by atoms with van der Waals surface area (Å²) in [5.41, 5.74) is 0. The van der Waals surface area contributed by atoms with Crippen molar-refractivity contribution >= 4 is 22.4 Å².